The Morgan fingerprint density at radius 3 is 3.07 bits per heavy atom. The lowest BCUT2D eigenvalue weighted by molar-refractivity contribution is 0.762. The Morgan fingerprint density at radius 2 is 2.33 bits per heavy atom. The van der Waals surface area contributed by atoms with Crippen LogP contribution < -0.4 is 5.32 Å². The molecule has 0 saturated carbocycles. The van der Waals surface area contributed by atoms with Gasteiger partial charge in [0.15, 0.2) is 0 Å². The normalized spacial score (nSPS) is 11.1. The van der Waals surface area contributed by atoms with Gasteiger partial charge in [-0.05, 0) is 47.6 Å². The van der Waals surface area contributed by atoms with Crippen molar-refractivity contribution in [3.8, 4) is 0 Å². The fourth-order valence-corrected chi connectivity index (χ4v) is 2.15. The molecule has 80 valence electrons. The molecule has 0 unspecified atom stereocenters. The van der Waals surface area contributed by atoms with Gasteiger partial charge in [0.1, 0.15) is 0 Å². The lowest BCUT2D eigenvalue weighted by Gasteiger charge is -1.95. The summed E-state index contributed by atoms with van der Waals surface area (Å²) in [6.07, 6.45) is 2.94. The van der Waals surface area contributed by atoms with Crippen molar-refractivity contribution >= 4 is 21.4 Å². The van der Waals surface area contributed by atoms with Gasteiger partial charge in [0.05, 0.1) is 15.7 Å². The first-order valence-corrected chi connectivity index (χ1v) is 5.79. The number of halogens is 1. The second-order valence-electron chi connectivity index (χ2n) is 3.65. The number of nitrogens with one attached hydrogen (secondary N) is 1. The highest BCUT2D eigenvalue weighted by atomic mass is 79.9. The zero-order chi connectivity index (χ0) is 10.8. The highest BCUT2D eigenvalue weighted by molar-refractivity contribution is 9.10. The van der Waals surface area contributed by atoms with Crippen molar-refractivity contribution in [1.29, 1.82) is 0 Å². The van der Waals surface area contributed by atoms with Gasteiger partial charge in [0.25, 0.3) is 0 Å². The molecule has 0 amide bonds. The Bertz CT molecular complexity index is 476. The standard InChI is InChI=1S/C11H14BrN3/c1-8-4-6-15-10(7-8)11(12)9(14-15)3-5-13-2/h4,6-7,13H,3,5H2,1-2H3. The number of aryl methyl sites for hydroxylation is 1. The molecule has 0 radical (unpaired) electrons. The molecule has 4 heteroatoms. The average molecular weight is 268 g/mol. The highest BCUT2D eigenvalue weighted by Gasteiger charge is 2.09. The van der Waals surface area contributed by atoms with Gasteiger partial charge in [-0.1, -0.05) is 0 Å². The number of hydrogen-bond donors (Lipinski definition) is 1. The number of rotatable bonds is 3. The first kappa shape index (κ1) is 10.6. The van der Waals surface area contributed by atoms with E-state index >= 15 is 0 Å². The van der Waals surface area contributed by atoms with Crippen molar-refractivity contribution in [3.63, 3.8) is 0 Å². The predicted molar refractivity (Wildman–Crippen MR) is 65.3 cm³/mol. The number of hydrogen-bond acceptors (Lipinski definition) is 2. The SMILES string of the molecule is CNCCc1nn2ccc(C)cc2c1Br. The molecular weight excluding hydrogens is 254 g/mol. The summed E-state index contributed by atoms with van der Waals surface area (Å²) in [5, 5.41) is 7.65. The van der Waals surface area contributed by atoms with E-state index in [0.29, 0.717) is 0 Å². The summed E-state index contributed by atoms with van der Waals surface area (Å²) >= 11 is 3.61. The number of pyridine rings is 1. The molecule has 0 spiro atoms. The van der Waals surface area contributed by atoms with E-state index in [-0.39, 0.29) is 0 Å². The van der Waals surface area contributed by atoms with E-state index in [4.69, 9.17) is 0 Å². The minimum absolute atomic E-state index is 0.942. The highest BCUT2D eigenvalue weighted by Crippen LogP contribution is 2.23. The lowest BCUT2D eigenvalue weighted by Crippen LogP contribution is -2.10. The zero-order valence-corrected chi connectivity index (χ0v) is 10.5. The van der Waals surface area contributed by atoms with Gasteiger partial charge in [0.2, 0.25) is 0 Å². The van der Waals surface area contributed by atoms with E-state index in [2.05, 4.69) is 45.4 Å². The largest absolute Gasteiger partial charge is 0.319 e. The Hall–Kier alpha value is -0.870. The minimum Gasteiger partial charge on any atom is -0.319 e. The first-order chi connectivity index (χ1) is 7.22. The Morgan fingerprint density at radius 1 is 1.53 bits per heavy atom. The molecule has 0 aliphatic rings. The van der Waals surface area contributed by atoms with Crippen molar-refractivity contribution in [2.24, 2.45) is 0 Å². The second kappa shape index (κ2) is 4.33. The summed E-state index contributed by atoms with van der Waals surface area (Å²) in [4.78, 5) is 0. The molecule has 0 fully saturated rings. The van der Waals surface area contributed by atoms with Gasteiger partial charge < -0.3 is 5.32 Å². The van der Waals surface area contributed by atoms with Crippen LogP contribution in [0.3, 0.4) is 0 Å². The third kappa shape index (κ3) is 2.06. The third-order valence-corrected chi connectivity index (χ3v) is 3.27. The number of aromatic nitrogens is 2. The molecule has 0 atom stereocenters. The first-order valence-electron chi connectivity index (χ1n) is 5.00. The second-order valence-corrected chi connectivity index (χ2v) is 4.44. The van der Waals surface area contributed by atoms with Gasteiger partial charge >= 0.3 is 0 Å². The van der Waals surface area contributed by atoms with Crippen LogP contribution in [0.5, 0.6) is 0 Å². The maximum atomic E-state index is 4.52. The smallest absolute Gasteiger partial charge is 0.0809 e. The zero-order valence-electron chi connectivity index (χ0n) is 8.92. The summed E-state index contributed by atoms with van der Waals surface area (Å²) in [6, 6.07) is 4.20. The molecule has 3 nitrogen and oxygen atoms in total. The van der Waals surface area contributed by atoms with E-state index in [1.165, 1.54) is 5.56 Å². The van der Waals surface area contributed by atoms with E-state index in [1.807, 2.05) is 17.8 Å². The van der Waals surface area contributed by atoms with Gasteiger partial charge in [-0.3, -0.25) is 0 Å². The molecule has 0 bridgehead atoms. The molecule has 0 aliphatic carbocycles. The molecule has 0 aromatic carbocycles. The maximum Gasteiger partial charge on any atom is 0.0809 e. The van der Waals surface area contributed by atoms with Crippen LogP contribution >= 0.6 is 15.9 Å². The summed E-state index contributed by atoms with van der Waals surface area (Å²) in [6.45, 7) is 3.04. The molecule has 2 heterocycles. The minimum atomic E-state index is 0.942. The fraction of sp³-hybridized carbons (Fsp3) is 0.364. The molecule has 0 saturated heterocycles. The Balaban J connectivity index is 2.45. The van der Waals surface area contributed by atoms with E-state index in [9.17, 15) is 0 Å². The van der Waals surface area contributed by atoms with Gasteiger partial charge in [-0.2, -0.15) is 5.10 Å². The van der Waals surface area contributed by atoms with Crippen LogP contribution in [0.25, 0.3) is 5.52 Å². The van der Waals surface area contributed by atoms with Crippen LogP contribution in [0.2, 0.25) is 0 Å². The number of fused-ring (bicyclic) bond motifs is 1. The third-order valence-electron chi connectivity index (χ3n) is 2.41. The molecule has 1 N–H and O–H groups in total. The molecule has 2 rings (SSSR count). The summed E-state index contributed by atoms with van der Waals surface area (Å²) in [5.41, 5.74) is 3.50. The van der Waals surface area contributed by atoms with E-state index in [0.717, 1.165) is 28.6 Å². The topological polar surface area (TPSA) is 29.3 Å². The van der Waals surface area contributed by atoms with Crippen molar-refractivity contribution in [2.75, 3.05) is 13.6 Å². The number of likely N-dealkylation sites (N-methyl/N-ethyl adjacent to an activating group) is 1. The van der Waals surface area contributed by atoms with Crippen molar-refractivity contribution in [3.05, 3.63) is 34.1 Å². The Kier molecular flexibility index (Phi) is 3.07. The van der Waals surface area contributed by atoms with Crippen LogP contribution in [-0.2, 0) is 6.42 Å². The van der Waals surface area contributed by atoms with E-state index < -0.39 is 0 Å². The van der Waals surface area contributed by atoms with Crippen molar-refractivity contribution in [2.45, 2.75) is 13.3 Å². The lowest BCUT2D eigenvalue weighted by atomic mass is 10.2. The van der Waals surface area contributed by atoms with Gasteiger partial charge in [-0.15, -0.1) is 0 Å². The van der Waals surface area contributed by atoms with Crippen LogP contribution in [-0.4, -0.2) is 23.2 Å². The van der Waals surface area contributed by atoms with Crippen molar-refractivity contribution < 1.29 is 0 Å². The van der Waals surface area contributed by atoms with Gasteiger partial charge in [-0.25, -0.2) is 4.52 Å². The molecule has 0 aliphatic heterocycles. The van der Waals surface area contributed by atoms with Crippen LogP contribution in [0.15, 0.2) is 22.8 Å². The molecule has 2 aromatic heterocycles. The molecular formula is C11H14BrN3. The summed E-state index contributed by atoms with van der Waals surface area (Å²) in [5.74, 6) is 0. The quantitative estimate of drug-likeness (QED) is 0.924. The van der Waals surface area contributed by atoms with Gasteiger partial charge in [0, 0.05) is 19.2 Å². The molecule has 2 aromatic rings. The van der Waals surface area contributed by atoms with Crippen LogP contribution in [0.1, 0.15) is 11.3 Å². The average Bonchev–Trinajstić information content (AvgIpc) is 2.53. The Labute approximate surface area is 97.6 Å². The predicted octanol–water partition coefficient (Wildman–Crippen LogP) is 2.17. The van der Waals surface area contributed by atoms with E-state index in [1.54, 1.807) is 0 Å². The van der Waals surface area contributed by atoms with Crippen LogP contribution in [0.4, 0.5) is 0 Å². The monoisotopic (exact) mass is 267 g/mol. The summed E-state index contributed by atoms with van der Waals surface area (Å²) < 4.78 is 3.03. The van der Waals surface area contributed by atoms with Crippen molar-refractivity contribution in [1.82, 2.24) is 14.9 Å². The van der Waals surface area contributed by atoms with Crippen LogP contribution in [0, 0.1) is 6.92 Å². The molecule has 15 heavy (non-hydrogen) atoms. The summed E-state index contributed by atoms with van der Waals surface area (Å²) in [7, 11) is 1.95. The maximum absolute atomic E-state index is 4.52. The fourth-order valence-electron chi connectivity index (χ4n) is 1.57. The number of nitrogens with zero attached hydrogens (tertiary/aromatic N) is 2.